The van der Waals surface area contributed by atoms with E-state index in [4.69, 9.17) is 16.3 Å². The molecule has 0 saturated carbocycles. The second kappa shape index (κ2) is 9.69. The van der Waals surface area contributed by atoms with E-state index in [1.165, 1.54) is 25.3 Å². The third-order valence-electron chi connectivity index (χ3n) is 2.74. The Labute approximate surface area is 120 Å². The van der Waals surface area contributed by atoms with Crippen molar-refractivity contribution in [2.45, 2.75) is 39.0 Å². The topological polar surface area (TPSA) is 9.23 Å². The van der Waals surface area contributed by atoms with Gasteiger partial charge in [-0.2, -0.15) is 0 Å². The Morgan fingerprint density at radius 1 is 1.21 bits per heavy atom. The number of rotatable bonds is 7. The Morgan fingerprint density at radius 3 is 2.74 bits per heavy atom. The number of ether oxygens (including phenoxy) is 1. The first-order valence-electron chi connectivity index (χ1n) is 6.75. The normalized spacial score (nSPS) is 9.84. The molecule has 1 nitrogen and oxygen atoms in total. The van der Waals surface area contributed by atoms with E-state index in [1.54, 1.807) is 12.1 Å². The minimum Gasteiger partial charge on any atom is -0.490 e. The lowest BCUT2D eigenvalue weighted by atomic mass is 10.2. The van der Waals surface area contributed by atoms with E-state index in [0.29, 0.717) is 6.61 Å². The molecule has 1 aromatic carbocycles. The van der Waals surface area contributed by atoms with Crippen molar-refractivity contribution >= 4 is 11.6 Å². The van der Waals surface area contributed by atoms with Crippen molar-refractivity contribution in [2.75, 3.05) is 12.5 Å². The maximum Gasteiger partial charge on any atom is 0.165 e. The van der Waals surface area contributed by atoms with Gasteiger partial charge in [0, 0.05) is 5.56 Å². The van der Waals surface area contributed by atoms with Gasteiger partial charge in [0.05, 0.1) is 12.5 Å². The third-order valence-corrected chi connectivity index (χ3v) is 2.87. The van der Waals surface area contributed by atoms with Gasteiger partial charge in [-0.1, -0.05) is 44.4 Å². The standard InChI is InChI=1S/C16H20ClFO/c1-2-3-4-5-6-12-19-16-13-14(8-7-11-17)9-10-15(16)18/h9-10,13H,2-6,11-12H2,1H3. The number of unbranched alkanes of at least 4 members (excludes halogenated alkanes) is 4. The van der Waals surface area contributed by atoms with Gasteiger partial charge in [0.25, 0.3) is 0 Å². The Balaban J connectivity index is 2.43. The number of hydrogen-bond donors (Lipinski definition) is 0. The molecule has 1 rings (SSSR count). The molecule has 0 aliphatic heterocycles. The van der Waals surface area contributed by atoms with Crippen molar-refractivity contribution in [3.63, 3.8) is 0 Å². The average Bonchev–Trinajstić information content (AvgIpc) is 2.43. The molecule has 0 unspecified atom stereocenters. The lowest BCUT2D eigenvalue weighted by molar-refractivity contribution is 0.290. The van der Waals surface area contributed by atoms with Crippen molar-refractivity contribution in [1.82, 2.24) is 0 Å². The summed E-state index contributed by atoms with van der Waals surface area (Å²) in [6.45, 7) is 2.73. The number of halogens is 2. The fraction of sp³-hybridized carbons (Fsp3) is 0.500. The molecule has 0 aliphatic carbocycles. The largest absolute Gasteiger partial charge is 0.490 e. The van der Waals surface area contributed by atoms with Gasteiger partial charge in [-0.3, -0.25) is 0 Å². The molecule has 0 spiro atoms. The summed E-state index contributed by atoms with van der Waals surface area (Å²) in [4.78, 5) is 0. The predicted molar refractivity (Wildman–Crippen MR) is 78.3 cm³/mol. The second-order valence-electron chi connectivity index (χ2n) is 4.34. The quantitative estimate of drug-likeness (QED) is 0.398. The Bertz CT molecular complexity index is 434. The van der Waals surface area contributed by atoms with Gasteiger partial charge in [0.1, 0.15) is 0 Å². The van der Waals surface area contributed by atoms with Crippen LogP contribution in [-0.2, 0) is 0 Å². The predicted octanol–water partition coefficient (Wildman–Crippen LogP) is 4.77. The van der Waals surface area contributed by atoms with Crippen LogP contribution >= 0.6 is 11.6 Å². The fourth-order valence-corrected chi connectivity index (χ4v) is 1.78. The molecule has 19 heavy (non-hydrogen) atoms. The lowest BCUT2D eigenvalue weighted by Crippen LogP contribution is -1.99. The minimum atomic E-state index is -0.343. The molecular weight excluding hydrogens is 263 g/mol. The van der Waals surface area contributed by atoms with Gasteiger partial charge in [-0.15, -0.1) is 11.6 Å². The molecule has 0 atom stereocenters. The first kappa shape index (κ1) is 15.9. The SMILES string of the molecule is CCCCCCCOc1cc(C#CCCl)ccc1F. The van der Waals surface area contributed by atoms with Gasteiger partial charge >= 0.3 is 0 Å². The summed E-state index contributed by atoms with van der Waals surface area (Å²) in [7, 11) is 0. The van der Waals surface area contributed by atoms with Crippen molar-refractivity contribution in [1.29, 1.82) is 0 Å². The minimum absolute atomic E-state index is 0.269. The average molecular weight is 283 g/mol. The van der Waals surface area contributed by atoms with Crippen molar-refractivity contribution in [2.24, 2.45) is 0 Å². The van der Waals surface area contributed by atoms with E-state index in [2.05, 4.69) is 18.8 Å². The van der Waals surface area contributed by atoms with Crippen LogP contribution in [0.5, 0.6) is 5.75 Å². The molecule has 0 saturated heterocycles. The summed E-state index contributed by atoms with van der Waals surface area (Å²) >= 11 is 5.49. The second-order valence-corrected chi connectivity index (χ2v) is 4.61. The van der Waals surface area contributed by atoms with E-state index in [9.17, 15) is 4.39 Å². The maximum atomic E-state index is 13.5. The van der Waals surface area contributed by atoms with Gasteiger partial charge in [-0.05, 0) is 24.6 Å². The highest BCUT2D eigenvalue weighted by molar-refractivity contribution is 6.19. The van der Waals surface area contributed by atoms with E-state index < -0.39 is 0 Å². The molecule has 104 valence electrons. The van der Waals surface area contributed by atoms with E-state index in [1.807, 2.05) is 0 Å². The molecule has 0 fully saturated rings. The van der Waals surface area contributed by atoms with Crippen molar-refractivity contribution < 1.29 is 9.13 Å². The summed E-state index contributed by atoms with van der Waals surface area (Å²) < 4.78 is 19.0. The lowest BCUT2D eigenvalue weighted by Gasteiger charge is -2.07. The molecule has 0 N–H and O–H groups in total. The third kappa shape index (κ3) is 6.50. The zero-order valence-electron chi connectivity index (χ0n) is 11.3. The van der Waals surface area contributed by atoms with Crippen LogP contribution in [0.15, 0.2) is 18.2 Å². The zero-order valence-corrected chi connectivity index (χ0v) is 12.1. The summed E-state index contributed by atoms with van der Waals surface area (Å²) in [6, 6.07) is 4.63. The fourth-order valence-electron chi connectivity index (χ4n) is 1.71. The van der Waals surface area contributed by atoms with E-state index in [-0.39, 0.29) is 17.4 Å². The Hall–Kier alpha value is -1.20. The van der Waals surface area contributed by atoms with Crippen LogP contribution in [0.3, 0.4) is 0 Å². The van der Waals surface area contributed by atoms with Crippen molar-refractivity contribution in [3.8, 4) is 17.6 Å². The molecular formula is C16H20ClFO. The molecule has 0 radical (unpaired) electrons. The monoisotopic (exact) mass is 282 g/mol. The number of benzene rings is 1. The smallest absolute Gasteiger partial charge is 0.165 e. The maximum absolute atomic E-state index is 13.5. The van der Waals surface area contributed by atoms with Gasteiger partial charge in [0.15, 0.2) is 11.6 Å². The first-order valence-corrected chi connectivity index (χ1v) is 7.28. The van der Waals surface area contributed by atoms with Crippen LogP contribution in [0.4, 0.5) is 4.39 Å². The Kier molecular flexibility index (Phi) is 8.09. The van der Waals surface area contributed by atoms with Gasteiger partial charge in [0.2, 0.25) is 0 Å². The highest BCUT2D eigenvalue weighted by atomic mass is 35.5. The first-order chi connectivity index (χ1) is 9.27. The van der Waals surface area contributed by atoms with Crippen LogP contribution in [0.25, 0.3) is 0 Å². The molecule has 0 amide bonds. The van der Waals surface area contributed by atoms with E-state index in [0.717, 1.165) is 18.4 Å². The summed E-state index contributed by atoms with van der Waals surface area (Å²) in [5.74, 6) is 5.79. The van der Waals surface area contributed by atoms with Crippen LogP contribution in [0.2, 0.25) is 0 Å². The summed E-state index contributed by atoms with van der Waals surface area (Å²) in [5.41, 5.74) is 0.725. The highest BCUT2D eigenvalue weighted by Crippen LogP contribution is 2.19. The van der Waals surface area contributed by atoms with Gasteiger partial charge < -0.3 is 4.74 Å². The van der Waals surface area contributed by atoms with Gasteiger partial charge in [-0.25, -0.2) is 4.39 Å². The molecule has 0 aromatic heterocycles. The van der Waals surface area contributed by atoms with Crippen LogP contribution in [0.1, 0.15) is 44.6 Å². The van der Waals surface area contributed by atoms with E-state index >= 15 is 0 Å². The molecule has 3 heteroatoms. The molecule has 0 heterocycles. The molecule has 0 bridgehead atoms. The van der Waals surface area contributed by atoms with Crippen molar-refractivity contribution in [3.05, 3.63) is 29.6 Å². The molecule has 1 aromatic rings. The van der Waals surface area contributed by atoms with Crippen LogP contribution in [0, 0.1) is 17.7 Å². The molecule has 0 aliphatic rings. The van der Waals surface area contributed by atoms with Crippen LogP contribution < -0.4 is 4.74 Å². The Morgan fingerprint density at radius 2 is 2.00 bits per heavy atom. The highest BCUT2D eigenvalue weighted by Gasteiger charge is 2.03. The summed E-state index contributed by atoms with van der Waals surface area (Å²) in [5, 5.41) is 0. The zero-order chi connectivity index (χ0) is 13.9. The van der Waals surface area contributed by atoms with Crippen LogP contribution in [-0.4, -0.2) is 12.5 Å². The number of hydrogen-bond acceptors (Lipinski definition) is 1. The number of alkyl halides is 1. The summed E-state index contributed by atoms with van der Waals surface area (Å²) in [6.07, 6.45) is 5.76.